The second-order valence-corrected chi connectivity index (χ2v) is 8.13. The molecule has 8 nitrogen and oxygen atoms in total. The number of carbonyl (C=O) groups excluding carboxylic acids is 2. The first-order chi connectivity index (χ1) is 12.5. The van der Waals surface area contributed by atoms with Gasteiger partial charge in [-0.1, -0.05) is 0 Å². The van der Waals surface area contributed by atoms with Crippen molar-refractivity contribution in [2.75, 3.05) is 31.6 Å². The lowest BCUT2D eigenvalue weighted by atomic mass is 10.2. The van der Waals surface area contributed by atoms with E-state index in [0.717, 1.165) is 43.0 Å². The SMILES string of the molecule is CC(C)NC(=O)Nc1nc2c(s1)CN(CC(=O)NCC1CCCO1)CC2. The number of amides is 3. The monoisotopic (exact) mass is 381 g/mol. The first-order valence-corrected chi connectivity index (χ1v) is 9.98. The summed E-state index contributed by atoms with van der Waals surface area (Å²) in [6, 6.07) is -0.162. The third-order valence-electron chi connectivity index (χ3n) is 4.37. The van der Waals surface area contributed by atoms with Gasteiger partial charge in [0.25, 0.3) is 0 Å². The van der Waals surface area contributed by atoms with Crippen LogP contribution in [0.4, 0.5) is 9.93 Å². The topological polar surface area (TPSA) is 95.6 Å². The van der Waals surface area contributed by atoms with Crippen molar-refractivity contribution >= 4 is 28.4 Å². The third kappa shape index (κ3) is 5.39. The summed E-state index contributed by atoms with van der Waals surface area (Å²) in [4.78, 5) is 31.7. The van der Waals surface area contributed by atoms with E-state index in [2.05, 4.69) is 25.8 Å². The fraction of sp³-hybridized carbons (Fsp3) is 0.706. The molecule has 1 fully saturated rings. The van der Waals surface area contributed by atoms with Gasteiger partial charge in [0.15, 0.2) is 5.13 Å². The number of aromatic nitrogens is 1. The van der Waals surface area contributed by atoms with Crippen LogP contribution in [0.2, 0.25) is 0 Å². The summed E-state index contributed by atoms with van der Waals surface area (Å²) in [6.45, 7) is 7.07. The minimum Gasteiger partial charge on any atom is -0.376 e. The molecule has 9 heteroatoms. The van der Waals surface area contributed by atoms with Crippen LogP contribution in [0.25, 0.3) is 0 Å². The van der Waals surface area contributed by atoms with E-state index in [1.165, 1.54) is 11.3 Å². The Balaban J connectivity index is 1.46. The van der Waals surface area contributed by atoms with Gasteiger partial charge in [0.05, 0.1) is 18.3 Å². The normalized spacial score (nSPS) is 20.0. The number of nitrogens with zero attached hydrogens (tertiary/aromatic N) is 2. The van der Waals surface area contributed by atoms with E-state index >= 15 is 0 Å². The summed E-state index contributed by atoms with van der Waals surface area (Å²) >= 11 is 1.48. The fourth-order valence-corrected chi connectivity index (χ4v) is 4.17. The van der Waals surface area contributed by atoms with Gasteiger partial charge in [0.2, 0.25) is 5.91 Å². The Morgan fingerprint density at radius 3 is 3.00 bits per heavy atom. The van der Waals surface area contributed by atoms with Crippen LogP contribution >= 0.6 is 11.3 Å². The standard InChI is InChI=1S/C17H27N5O3S/c1-11(2)19-16(24)21-17-20-13-5-6-22(9-14(13)26-17)10-15(23)18-8-12-4-3-7-25-12/h11-12H,3-10H2,1-2H3,(H,18,23)(H2,19,20,21,24). The lowest BCUT2D eigenvalue weighted by molar-refractivity contribution is -0.122. The van der Waals surface area contributed by atoms with Gasteiger partial charge < -0.3 is 15.4 Å². The Kier molecular flexibility index (Phi) is 6.44. The molecule has 0 bridgehead atoms. The van der Waals surface area contributed by atoms with Crippen LogP contribution in [-0.4, -0.2) is 60.2 Å². The van der Waals surface area contributed by atoms with Crippen LogP contribution in [0, 0.1) is 0 Å². The second kappa shape index (κ2) is 8.79. The first kappa shape index (κ1) is 19.1. The highest BCUT2D eigenvalue weighted by molar-refractivity contribution is 7.15. The summed E-state index contributed by atoms with van der Waals surface area (Å²) in [5.74, 6) is 0.0307. The van der Waals surface area contributed by atoms with Crippen LogP contribution in [0.1, 0.15) is 37.3 Å². The molecule has 1 unspecified atom stereocenters. The van der Waals surface area contributed by atoms with Crippen LogP contribution in [0.5, 0.6) is 0 Å². The summed E-state index contributed by atoms with van der Waals surface area (Å²) in [7, 11) is 0. The van der Waals surface area contributed by atoms with E-state index < -0.39 is 0 Å². The zero-order chi connectivity index (χ0) is 18.5. The van der Waals surface area contributed by atoms with E-state index in [4.69, 9.17) is 4.74 Å². The Morgan fingerprint density at radius 2 is 2.27 bits per heavy atom. The molecule has 2 aliphatic rings. The van der Waals surface area contributed by atoms with Gasteiger partial charge in [0, 0.05) is 43.6 Å². The predicted octanol–water partition coefficient (Wildman–Crippen LogP) is 1.33. The summed E-state index contributed by atoms with van der Waals surface area (Å²) < 4.78 is 5.52. The molecule has 0 aliphatic carbocycles. The molecular formula is C17H27N5O3S. The highest BCUT2D eigenvalue weighted by Crippen LogP contribution is 2.28. The molecule has 1 aromatic rings. The Morgan fingerprint density at radius 1 is 1.42 bits per heavy atom. The van der Waals surface area contributed by atoms with Crippen molar-refractivity contribution in [3.05, 3.63) is 10.6 Å². The molecule has 0 radical (unpaired) electrons. The average molecular weight is 382 g/mol. The molecule has 144 valence electrons. The molecule has 1 saturated heterocycles. The number of anilines is 1. The maximum Gasteiger partial charge on any atom is 0.321 e. The minimum atomic E-state index is -0.239. The van der Waals surface area contributed by atoms with Crippen LogP contribution in [0.3, 0.4) is 0 Å². The molecule has 3 N–H and O–H groups in total. The lowest BCUT2D eigenvalue weighted by Crippen LogP contribution is -2.41. The lowest BCUT2D eigenvalue weighted by Gasteiger charge is -2.25. The zero-order valence-corrected chi connectivity index (χ0v) is 16.2. The maximum absolute atomic E-state index is 12.1. The van der Waals surface area contributed by atoms with Gasteiger partial charge >= 0.3 is 6.03 Å². The Labute approximate surface area is 157 Å². The number of urea groups is 1. The smallest absolute Gasteiger partial charge is 0.321 e. The van der Waals surface area contributed by atoms with Crippen molar-refractivity contribution in [1.29, 1.82) is 0 Å². The number of ether oxygens (including phenoxy) is 1. The van der Waals surface area contributed by atoms with Crippen molar-refractivity contribution in [2.45, 2.75) is 51.8 Å². The number of fused-ring (bicyclic) bond motifs is 1. The van der Waals surface area contributed by atoms with Crippen molar-refractivity contribution < 1.29 is 14.3 Å². The number of rotatable bonds is 6. The van der Waals surface area contributed by atoms with Crippen molar-refractivity contribution in [1.82, 2.24) is 20.5 Å². The molecular weight excluding hydrogens is 354 g/mol. The second-order valence-electron chi connectivity index (χ2n) is 7.04. The van der Waals surface area contributed by atoms with Gasteiger partial charge in [-0.25, -0.2) is 9.78 Å². The van der Waals surface area contributed by atoms with Crippen molar-refractivity contribution in [3.8, 4) is 0 Å². The Hall–Kier alpha value is -1.71. The summed E-state index contributed by atoms with van der Waals surface area (Å²) in [5.41, 5.74) is 1.02. The maximum atomic E-state index is 12.1. The first-order valence-electron chi connectivity index (χ1n) is 9.16. The number of nitrogens with one attached hydrogen (secondary N) is 3. The Bertz CT molecular complexity index is 642. The van der Waals surface area contributed by atoms with Gasteiger partial charge in [-0.05, 0) is 26.7 Å². The molecule has 3 amide bonds. The van der Waals surface area contributed by atoms with E-state index in [1.54, 1.807) is 0 Å². The average Bonchev–Trinajstić information content (AvgIpc) is 3.20. The number of carbonyl (C=O) groups is 2. The van der Waals surface area contributed by atoms with E-state index in [-0.39, 0.29) is 24.1 Å². The molecule has 3 heterocycles. The van der Waals surface area contributed by atoms with Crippen LogP contribution in [-0.2, 0) is 22.5 Å². The van der Waals surface area contributed by atoms with E-state index in [1.807, 2.05) is 13.8 Å². The molecule has 3 rings (SSSR count). The van der Waals surface area contributed by atoms with Gasteiger partial charge in [0.1, 0.15) is 0 Å². The largest absolute Gasteiger partial charge is 0.376 e. The number of hydrogen-bond acceptors (Lipinski definition) is 6. The van der Waals surface area contributed by atoms with Crippen molar-refractivity contribution in [2.24, 2.45) is 0 Å². The van der Waals surface area contributed by atoms with Crippen LogP contribution in [0.15, 0.2) is 0 Å². The van der Waals surface area contributed by atoms with Gasteiger partial charge in [-0.15, -0.1) is 11.3 Å². The highest BCUT2D eigenvalue weighted by Gasteiger charge is 2.23. The quantitative estimate of drug-likeness (QED) is 0.691. The predicted molar refractivity (Wildman–Crippen MR) is 100 cm³/mol. The van der Waals surface area contributed by atoms with Gasteiger partial charge in [-0.2, -0.15) is 0 Å². The number of hydrogen-bond donors (Lipinski definition) is 3. The molecule has 1 atom stereocenters. The fourth-order valence-electron chi connectivity index (χ4n) is 3.12. The van der Waals surface area contributed by atoms with Crippen molar-refractivity contribution in [3.63, 3.8) is 0 Å². The summed E-state index contributed by atoms with van der Waals surface area (Å²) in [6.07, 6.45) is 3.05. The third-order valence-corrected chi connectivity index (χ3v) is 5.37. The molecule has 0 spiro atoms. The molecule has 26 heavy (non-hydrogen) atoms. The van der Waals surface area contributed by atoms with Gasteiger partial charge in [-0.3, -0.25) is 15.0 Å². The summed E-state index contributed by atoms with van der Waals surface area (Å²) in [5, 5.41) is 9.14. The molecule has 2 aliphatic heterocycles. The van der Waals surface area contributed by atoms with E-state index in [0.29, 0.717) is 24.8 Å². The molecule has 1 aromatic heterocycles. The highest BCUT2D eigenvalue weighted by atomic mass is 32.1. The van der Waals surface area contributed by atoms with E-state index in [9.17, 15) is 9.59 Å². The number of thiazole rings is 1. The minimum absolute atomic E-state index is 0.0307. The molecule has 0 saturated carbocycles. The van der Waals surface area contributed by atoms with Crippen LogP contribution < -0.4 is 16.0 Å². The molecule has 0 aromatic carbocycles. The zero-order valence-electron chi connectivity index (χ0n) is 15.3.